The lowest BCUT2D eigenvalue weighted by atomic mass is 10.1. The summed E-state index contributed by atoms with van der Waals surface area (Å²) in [6.07, 6.45) is 2.71. The van der Waals surface area contributed by atoms with Crippen molar-refractivity contribution in [2.45, 2.75) is 30.9 Å². The predicted octanol–water partition coefficient (Wildman–Crippen LogP) is 3.43. The van der Waals surface area contributed by atoms with Gasteiger partial charge in [0, 0.05) is 6.26 Å². The molecule has 1 atom stereocenters. The molecule has 0 aliphatic heterocycles. The Morgan fingerprint density at radius 1 is 1.46 bits per heavy atom. The van der Waals surface area contributed by atoms with Gasteiger partial charge < -0.3 is 9.72 Å². The number of nitrogens with zero attached hydrogens (tertiary/aromatic N) is 1. The van der Waals surface area contributed by atoms with Gasteiger partial charge in [-0.3, -0.25) is 0 Å². The summed E-state index contributed by atoms with van der Waals surface area (Å²) in [5.41, 5.74) is 1.07. The first-order chi connectivity index (χ1) is 11.3. The molecule has 2 aromatic rings. The molecule has 130 valence electrons. The number of nitrogens with one attached hydrogen (secondary N) is 1. The van der Waals surface area contributed by atoms with Crippen molar-refractivity contribution in [1.82, 2.24) is 9.97 Å². The van der Waals surface area contributed by atoms with E-state index in [0.717, 1.165) is 19.1 Å². The summed E-state index contributed by atoms with van der Waals surface area (Å²) >= 11 is 5.87. The largest absolute Gasteiger partial charge is 0.365 e. The number of benzene rings is 1. The quantitative estimate of drug-likeness (QED) is 0.843. The van der Waals surface area contributed by atoms with E-state index in [-0.39, 0.29) is 10.0 Å². The number of aromatic nitrogens is 2. The zero-order valence-corrected chi connectivity index (χ0v) is 14.9. The number of aryl methyl sites for hydroxylation is 1. The zero-order valence-electron chi connectivity index (χ0n) is 13.3. The van der Waals surface area contributed by atoms with Gasteiger partial charge in [0.15, 0.2) is 14.9 Å². The van der Waals surface area contributed by atoms with E-state index < -0.39 is 21.8 Å². The van der Waals surface area contributed by atoms with Crippen LogP contribution in [0.3, 0.4) is 0 Å². The molecule has 1 unspecified atom stereocenters. The third-order valence-electron chi connectivity index (χ3n) is 3.90. The van der Waals surface area contributed by atoms with Gasteiger partial charge >= 0.3 is 0 Å². The van der Waals surface area contributed by atoms with Crippen LogP contribution in [0.1, 0.15) is 36.0 Å². The van der Waals surface area contributed by atoms with Gasteiger partial charge in [-0.2, -0.15) is 0 Å². The number of hydrogen-bond donors (Lipinski definition) is 1. The summed E-state index contributed by atoms with van der Waals surface area (Å²) in [7, 11) is -3.45. The number of halogens is 2. The van der Waals surface area contributed by atoms with Crippen LogP contribution in [0.5, 0.6) is 0 Å². The van der Waals surface area contributed by atoms with Crippen molar-refractivity contribution in [3.8, 4) is 0 Å². The van der Waals surface area contributed by atoms with Crippen LogP contribution in [-0.4, -0.2) is 31.2 Å². The highest BCUT2D eigenvalue weighted by Gasteiger charge is 2.28. The molecule has 3 rings (SSSR count). The lowest BCUT2D eigenvalue weighted by molar-refractivity contribution is 0.0664. The lowest BCUT2D eigenvalue weighted by Gasteiger charge is -2.16. The Morgan fingerprint density at radius 2 is 2.17 bits per heavy atom. The molecule has 24 heavy (non-hydrogen) atoms. The minimum atomic E-state index is -3.45. The molecular formula is C16H18ClFN2O3S. The molecule has 8 heteroatoms. The van der Waals surface area contributed by atoms with Crippen LogP contribution in [0, 0.1) is 18.7 Å². The molecule has 1 aliphatic carbocycles. The molecule has 1 aromatic heterocycles. The van der Waals surface area contributed by atoms with E-state index in [1.807, 2.05) is 0 Å². The molecule has 5 nitrogen and oxygen atoms in total. The Balaban J connectivity index is 1.99. The molecule has 1 fully saturated rings. The van der Waals surface area contributed by atoms with Crippen LogP contribution in [-0.2, 0) is 14.6 Å². The second-order valence-electron chi connectivity index (χ2n) is 6.15. The Bertz CT molecular complexity index is 862. The van der Waals surface area contributed by atoms with E-state index >= 15 is 0 Å². The number of ether oxygens (including phenoxy) is 1. The number of H-pyrrole nitrogens is 1. The van der Waals surface area contributed by atoms with E-state index in [4.69, 9.17) is 16.3 Å². The normalized spacial score (nSPS) is 16.3. The highest BCUT2D eigenvalue weighted by atomic mass is 35.5. The predicted molar refractivity (Wildman–Crippen MR) is 88.4 cm³/mol. The smallest absolute Gasteiger partial charge is 0.194 e. The van der Waals surface area contributed by atoms with Gasteiger partial charge in [0.25, 0.3) is 0 Å². The summed E-state index contributed by atoms with van der Waals surface area (Å²) in [5.74, 6) is 0.360. The molecule has 1 heterocycles. The first-order valence-corrected chi connectivity index (χ1v) is 9.85. The highest BCUT2D eigenvalue weighted by Crippen LogP contribution is 2.34. The Morgan fingerprint density at radius 3 is 2.71 bits per heavy atom. The van der Waals surface area contributed by atoms with Crippen molar-refractivity contribution in [2.75, 3.05) is 12.9 Å². The molecule has 0 spiro atoms. The number of hydrogen-bond acceptors (Lipinski definition) is 4. The van der Waals surface area contributed by atoms with Crippen molar-refractivity contribution in [3.05, 3.63) is 46.1 Å². The summed E-state index contributed by atoms with van der Waals surface area (Å²) < 4.78 is 43.0. The monoisotopic (exact) mass is 372 g/mol. The Hall–Kier alpha value is -1.44. The number of aromatic amines is 1. The van der Waals surface area contributed by atoms with Crippen LogP contribution in [0.4, 0.5) is 4.39 Å². The second-order valence-corrected chi connectivity index (χ2v) is 8.49. The SMILES string of the molecule is Cc1[nH]c(C(OCC2CC2)c2ccc(F)c(Cl)c2)nc1S(C)(=O)=O. The molecule has 0 amide bonds. The van der Waals surface area contributed by atoms with Crippen molar-refractivity contribution < 1.29 is 17.5 Å². The van der Waals surface area contributed by atoms with Gasteiger partial charge in [-0.1, -0.05) is 17.7 Å². The number of imidazole rings is 1. The van der Waals surface area contributed by atoms with E-state index in [1.54, 1.807) is 13.0 Å². The number of rotatable bonds is 6. The van der Waals surface area contributed by atoms with Crippen molar-refractivity contribution in [3.63, 3.8) is 0 Å². The summed E-state index contributed by atoms with van der Waals surface area (Å²) in [6.45, 7) is 2.18. The van der Waals surface area contributed by atoms with Crippen LogP contribution >= 0.6 is 11.6 Å². The maximum atomic E-state index is 13.4. The fourth-order valence-electron chi connectivity index (χ4n) is 2.48. The fourth-order valence-corrected chi connectivity index (χ4v) is 3.54. The van der Waals surface area contributed by atoms with E-state index in [9.17, 15) is 12.8 Å². The topological polar surface area (TPSA) is 72.0 Å². The van der Waals surface area contributed by atoms with Gasteiger partial charge in [0.05, 0.1) is 17.3 Å². The van der Waals surface area contributed by atoms with Crippen molar-refractivity contribution >= 4 is 21.4 Å². The molecule has 1 N–H and O–H groups in total. The standard InChI is InChI=1S/C16H18ClFN2O3S/c1-9-16(24(2,21)22)20-15(19-9)14(23-8-10-3-4-10)11-5-6-13(18)12(17)7-11/h5-7,10,14H,3-4,8H2,1-2H3,(H,19,20). The fraction of sp³-hybridized carbons (Fsp3) is 0.438. The molecule has 1 aromatic carbocycles. The summed E-state index contributed by atoms with van der Waals surface area (Å²) in [4.78, 5) is 7.18. The second kappa shape index (κ2) is 6.46. The lowest BCUT2D eigenvalue weighted by Crippen LogP contribution is -2.11. The summed E-state index contributed by atoms with van der Waals surface area (Å²) in [5, 5.41) is -0.0233. The molecule has 0 saturated heterocycles. The Labute approximate surface area is 145 Å². The van der Waals surface area contributed by atoms with Gasteiger partial charge in [-0.05, 0) is 43.4 Å². The van der Waals surface area contributed by atoms with Gasteiger partial charge in [-0.15, -0.1) is 0 Å². The molecule has 0 bridgehead atoms. The minimum absolute atomic E-state index is 0.00858. The first-order valence-electron chi connectivity index (χ1n) is 7.59. The van der Waals surface area contributed by atoms with Gasteiger partial charge in [-0.25, -0.2) is 17.8 Å². The third-order valence-corrected chi connectivity index (χ3v) is 5.29. The minimum Gasteiger partial charge on any atom is -0.365 e. The van der Waals surface area contributed by atoms with Gasteiger partial charge in [0.1, 0.15) is 17.7 Å². The van der Waals surface area contributed by atoms with Crippen LogP contribution in [0.2, 0.25) is 5.02 Å². The van der Waals surface area contributed by atoms with Crippen molar-refractivity contribution in [2.24, 2.45) is 5.92 Å². The van der Waals surface area contributed by atoms with Gasteiger partial charge in [0.2, 0.25) is 0 Å². The first kappa shape index (κ1) is 17.4. The molecular weight excluding hydrogens is 355 g/mol. The third kappa shape index (κ3) is 3.79. The molecule has 1 saturated carbocycles. The van der Waals surface area contributed by atoms with E-state index in [1.165, 1.54) is 12.1 Å². The highest BCUT2D eigenvalue weighted by molar-refractivity contribution is 7.90. The average Bonchev–Trinajstić information content (AvgIpc) is 3.23. The summed E-state index contributed by atoms with van der Waals surface area (Å²) in [6, 6.07) is 4.31. The van der Waals surface area contributed by atoms with E-state index in [2.05, 4.69) is 9.97 Å². The van der Waals surface area contributed by atoms with E-state index in [0.29, 0.717) is 29.6 Å². The maximum Gasteiger partial charge on any atom is 0.194 e. The van der Waals surface area contributed by atoms with Crippen LogP contribution < -0.4 is 0 Å². The maximum absolute atomic E-state index is 13.4. The molecule has 1 aliphatic rings. The van der Waals surface area contributed by atoms with Crippen molar-refractivity contribution in [1.29, 1.82) is 0 Å². The average molecular weight is 373 g/mol. The van der Waals surface area contributed by atoms with Crippen LogP contribution in [0.15, 0.2) is 23.2 Å². The van der Waals surface area contributed by atoms with Crippen LogP contribution in [0.25, 0.3) is 0 Å². The Kier molecular flexibility index (Phi) is 4.68. The number of sulfone groups is 1. The molecule has 0 radical (unpaired) electrons. The zero-order chi connectivity index (χ0) is 17.5.